The molecule has 9 heteroatoms. The van der Waals surface area contributed by atoms with Crippen molar-refractivity contribution >= 4 is 25.7 Å². The van der Waals surface area contributed by atoms with Crippen LogP contribution in [0.1, 0.15) is 13.8 Å². The number of nitrogens with one attached hydrogen (secondary N) is 1. The monoisotopic (exact) mass is 285 g/mol. The van der Waals surface area contributed by atoms with Crippen molar-refractivity contribution < 1.29 is 16.8 Å². The quantitative estimate of drug-likeness (QED) is 0.469. The molecule has 0 spiro atoms. The lowest BCUT2D eigenvalue weighted by Gasteiger charge is -2.22. The van der Waals surface area contributed by atoms with Crippen molar-refractivity contribution in [3.05, 3.63) is 0 Å². The highest BCUT2D eigenvalue weighted by molar-refractivity contribution is 8.06. The van der Waals surface area contributed by atoms with Gasteiger partial charge in [-0.1, -0.05) is 13.8 Å². The Kier molecular flexibility index (Phi) is 5.56. The van der Waals surface area contributed by atoms with Gasteiger partial charge in [0, 0.05) is 25.3 Å². The highest BCUT2D eigenvalue weighted by Crippen LogP contribution is 2.08. The van der Waals surface area contributed by atoms with E-state index in [0.29, 0.717) is 0 Å². The summed E-state index contributed by atoms with van der Waals surface area (Å²) in [6.07, 6.45) is 0.868. The van der Waals surface area contributed by atoms with Gasteiger partial charge in [0.05, 0.1) is 5.84 Å². The molecule has 0 fully saturated rings. The SMILES string of the molecule is CCN(CC(C)C(=N)N)S(=O)(=O)CS(C)(=O)=O. The Labute approximate surface area is 102 Å². The number of hydrogen-bond acceptors (Lipinski definition) is 5. The fourth-order valence-corrected chi connectivity index (χ4v) is 4.79. The number of amidine groups is 1. The van der Waals surface area contributed by atoms with E-state index in [-0.39, 0.29) is 18.9 Å². The Bertz CT molecular complexity index is 469. The first-order valence-corrected chi connectivity index (χ1v) is 8.66. The third-order valence-corrected chi connectivity index (χ3v) is 6.22. The molecule has 0 aromatic carbocycles. The van der Waals surface area contributed by atoms with Gasteiger partial charge < -0.3 is 5.73 Å². The van der Waals surface area contributed by atoms with Crippen LogP contribution in [0.3, 0.4) is 0 Å². The fraction of sp³-hybridized carbons (Fsp3) is 0.875. The van der Waals surface area contributed by atoms with Crippen LogP contribution in [0.5, 0.6) is 0 Å². The molecule has 0 aromatic rings. The Morgan fingerprint density at radius 3 is 2.12 bits per heavy atom. The van der Waals surface area contributed by atoms with E-state index in [1.54, 1.807) is 13.8 Å². The van der Waals surface area contributed by atoms with Gasteiger partial charge in [0.25, 0.3) is 0 Å². The first-order chi connectivity index (χ1) is 7.49. The van der Waals surface area contributed by atoms with E-state index in [4.69, 9.17) is 11.1 Å². The highest BCUT2D eigenvalue weighted by atomic mass is 32.3. The Balaban J connectivity index is 4.95. The second kappa shape index (κ2) is 5.78. The van der Waals surface area contributed by atoms with Crippen LogP contribution in [-0.4, -0.2) is 51.4 Å². The molecule has 7 nitrogen and oxygen atoms in total. The van der Waals surface area contributed by atoms with Crippen molar-refractivity contribution in [1.29, 1.82) is 5.41 Å². The van der Waals surface area contributed by atoms with Crippen LogP contribution < -0.4 is 5.73 Å². The van der Waals surface area contributed by atoms with E-state index in [9.17, 15) is 16.8 Å². The molecular formula is C8H19N3O4S2. The van der Waals surface area contributed by atoms with Crippen LogP contribution in [0.4, 0.5) is 0 Å². The summed E-state index contributed by atoms with van der Waals surface area (Å²) in [6.45, 7) is 3.38. The van der Waals surface area contributed by atoms with Crippen LogP contribution in [-0.2, 0) is 19.9 Å². The zero-order chi connectivity index (χ0) is 13.9. The lowest BCUT2D eigenvalue weighted by molar-refractivity contribution is 0.406. The van der Waals surface area contributed by atoms with Crippen molar-refractivity contribution in [1.82, 2.24) is 4.31 Å². The summed E-state index contributed by atoms with van der Waals surface area (Å²) in [4.78, 5) is 0. The molecule has 1 unspecified atom stereocenters. The van der Waals surface area contributed by atoms with E-state index in [1.165, 1.54) is 0 Å². The van der Waals surface area contributed by atoms with Crippen molar-refractivity contribution in [2.75, 3.05) is 24.4 Å². The van der Waals surface area contributed by atoms with Crippen LogP contribution in [0.15, 0.2) is 0 Å². The third-order valence-electron chi connectivity index (χ3n) is 2.12. The second-order valence-corrected chi connectivity index (χ2v) is 8.44. The lowest BCUT2D eigenvalue weighted by Crippen LogP contribution is -2.40. The summed E-state index contributed by atoms with van der Waals surface area (Å²) in [5.41, 5.74) is 5.25. The van der Waals surface area contributed by atoms with Gasteiger partial charge in [0.15, 0.2) is 14.9 Å². The van der Waals surface area contributed by atoms with Gasteiger partial charge in [-0.2, -0.15) is 0 Å². The number of sulfonamides is 1. The third kappa shape index (κ3) is 5.99. The predicted octanol–water partition coefficient (Wildman–Crippen LogP) is -0.788. The molecule has 102 valence electrons. The van der Waals surface area contributed by atoms with Crippen LogP contribution in [0.2, 0.25) is 0 Å². The number of hydrogen-bond donors (Lipinski definition) is 2. The molecule has 0 aliphatic carbocycles. The number of nitrogens with zero attached hydrogens (tertiary/aromatic N) is 1. The van der Waals surface area contributed by atoms with Crippen molar-refractivity contribution in [2.24, 2.45) is 11.7 Å². The molecule has 0 saturated heterocycles. The molecule has 0 heterocycles. The van der Waals surface area contributed by atoms with Crippen LogP contribution >= 0.6 is 0 Å². The maximum absolute atomic E-state index is 11.8. The molecule has 0 amide bonds. The zero-order valence-corrected chi connectivity index (χ0v) is 11.8. The zero-order valence-electron chi connectivity index (χ0n) is 10.2. The van der Waals surface area contributed by atoms with Crippen LogP contribution in [0, 0.1) is 11.3 Å². The van der Waals surface area contributed by atoms with Crippen molar-refractivity contribution in [3.63, 3.8) is 0 Å². The smallest absolute Gasteiger partial charge is 0.228 e. The van der Waals surface area contributed by atoms with E-state index >= 15 is 0 Å². The van der Waals surface area contributed by atoms with E-state index in [2.05, 4.69) is 0 Å². The largest absolute Gasteiger partial charge is 0.387 e. The maximum atomic E-state index is 11.8. The molecule has 0 rings (SSSR count). The predicted molar refractivity (Wildman–Crippen MR) is 67.0 cm³/mol. The molecule has 0 bridgehead atoms. The lowest BCUT2D eigenvalue weighted by atomic mass is 10.1. The van der Waals surface area contributed by atoms with Gasteiger partial charge in [-0.3, -0.25) is 5.41 Å². The second-order valence-electron chi connectivity index (χ2n) is 3.96. The minimum absolute atomic E-state index is 0.0175. The van der Waals surface area contributed by atoms with E-state index in [1.807, 2.05) is 0 Å². The summed E-state index contributed by atoms with van der Waals surface area (Å²) in [5, 5.41) is 6.27. The first-order valence-electron chi connectivity index (χ1n) is 4.99. The Morgan fingerprint density at radius 2 is 1.82 bits per heavy atom. The van der Waals surface area contributed by atoms with E-state index in [0.717, 1.165) is 10.6 Å². The maximum Gasteiger partial charge on any atom is 0.228 e. The molecule has 3 N–H and O–H groups in total. The van der Waals surface area contributed by atoms with E-state index < -0.39 is 30.9 Å². The number of nitrogens with two attached hydrogens (primary N) is 1. The number of sulfone groups is 1. The average molecular weight is 285 g/mol. The molecular weight excluding hydrogens is 266 g/mol. The Morgan fingerprint density at radius 1 is 1.35 bits per heavy atom. The van der Waals surface area contributed by atoms with Gasteiger partial charge in [-0.05, 0) is 0 Å². The van der Waals surface area contributed by atoms with Gasteiger partial charge in [-0.25, -0.2) is 21.1 Å². The number of rotatable bonds is 7. The van der Waals surface area contributed by atoms with Crippen molar-refractivity contribution in [2.45, 2.75) is 13.8 Å². The topological polar surface area (TPSA) is 121 Å². The highest BCUT2D eigenvalue weighted by Gasteiger charge is 2.27. The summed E-state index contributed by atoms with van der Waals surface area (Å²) in [6, 6.07) is 0. The fourth-order valence-electron chi connectivity index (χ4n) is 1.19. The molecule has 1 atom stereocenters. The summed E-state index contributed by atoms with van der Waals surface area (Å²) in [5.74, 6) is -0.567. The average Bonchev–Trinajstić information content (AvgIpc) is 2.08. The normalized spacial score (nSPS) is 14.8. The van der Waals surface area contributed by atoms with Gasteiger partial charge >= 0.3 is 0 Å². The standard InChI is InChI=1S/C8H19N3O4S2/c1-4-11(5-7(2)8(9)10)17(14,15)6-16(3,12)13/h7H,4-6H2,1-3H3,(H3,9,10). The van der Waals surface area contributed by atoms with Gasteiger partial charge in [-0.15, -0.1) is 0 Å². The summed E-state index contributed by atoms with van der Waals surface area (Å²) >= 11 is 0. The molecule has 0 radical (unpaired) electrons. The molecule has 17 heavy (non-hydrogen) atoms. The van der Waals surface area contributed by atoms with Crippen molar-refractivity contribution in [3.8, 4) is 0 Å². The van der Waals surface area contributed by atoms with Crippen LogP contribution in [0.25, 0.3) is 0 Å². The first kappa shape index (κ1) is 16.3. The Hall–Kier alpha value is -0.670. The summed E-state index contributed by atoms with van der Waals surface area (Å²) in [7, 11) is -7.47. The molecule has 0 saturated carbocycles. The molecule has 0 aliphatic rings. The minimum atomic E-state index is -3.87. The molecule has 0 aromatic heterocycles. The minimum Gasteiger partial charge on any atom is -0.387 e. The molecule has 0 aliphatic heterocycles. The van der Waals surface area contributed by atoms with Gasteiger partial charge in [0.2, 0.25) is 10.0 Å². The van der Waals surface area contributed by atoms with Gasteiger partial charge in [0.1, 0.15) is 0 Å². The summed E-state index contributed by atoms with van der Waals surface area (Å²) < 4.78 is 46.6.